The molecule has 0 saturated carbocycles. The summed E-state index contributed by atoms with van der Waals surface area (Å²) in [6.07, 6.45) is 3.27. The van der Waals surface area contributed by atoms with Gasteiger partial charge in [-0.1, -0.05) is 48.0 Å². The van der Waals surface area contributed by atoms with E-state index in [1.165, 1.54) is 0 Å². The van der Waals surface area contributed by atoms with Crippen LogP contribution in [0, 0.1) is 20.8 Å². The van der Waals surface area contributed by atoms with Crippen molar-refractivity contribution >= 4 is 5.91 Å². The van der Waals surface area contributed by atoms with Gasteiger partial charge in [0.2, 0.25) is 0 Å². The summed E-state index contributed by atoms with van der Waals surface area (Å²) in [6, 6.07) is 13.8. The van der Waals surface area contributed by atoms with Gasteiger partial charge in [-0.05, 0) is 37.5 Å². The van der Waals surface area contributed by atoms with Gasteiger partial charge in [0.1, 0.15) is 0 Å². The number of nitrogens with one attached hydrogen (secondary N) is 1. The molecule has 0 saturated heterocycles. The lowest BCUT2D eigenvalue weighted by Gasteiger charge is -2.20. The van der Waals surface area contributed by atoms with Crippen LogP contribution in [0.15, 0.2) is 54.9 Å². The first-order chi connectivity index (χ1) is 12.0. The minimum Gasteiger partial charge on any atom is -0.343 e. The van der Waals surface area contributed by atoms with Crippen LogP contribution in [0.25, 0.3) is 0 Å². The number of hydrogen-bond acceptors (Lipinski definition) is 3. The lowest BCUT2D eigenvalue weighted by atomic mass is 9.98. The van der Waals surface area contributed by atoms with E-state index in [2.05, 4.69) is 15.5 Å². The van der Waals surface area contributed by atoms with Gasteiger partial charge in [-0.15, -0.1) is 0 Å². The van der Waals surface area contributed by atoms with Crippen LogP contribution in [0.1, 0.15) is 38.7 Å². The number of benzene rings is 2. The van der Waals surface area contributed by atoms with Crippen LogP contribution in [0.2, 0.25) is 0 Å². The van der Waals surface area contributed by atoms with Crippen LogP contribution in [0.5, 0.6) is 0 Å². The van der Waals surface area contributed by atoms with Crippen molar-refractivity contribution in [2.45, 2.75) is 33.4 Å². The van der Waals surface area contributed by atoms with Crippen LogP contribution < -0.4 is 5.32 Å². The monoisotopic (exact) mass is 334 g/mol. The summed E-state index contributed by atoms with van der Waals surface area (Å²) in [5.74, 6) is -0.0731. The van der Waals surface area contributed by atoms with Crippen molar-refractivity contribution in [1.82, 2.24) is 20.3 Å². The normalized spacial score (nSPS) is 12.0. The van der Waals surface area contributed by atoms with Gasteiger partial charge in [0, 0.05) is 5.56 Å². The Balaban J connectivity index is 1.89. The second-order valence-corrected chi connectivity index (χ2v) is 6.29. The highest BCUT2D eigenvalue weighted by Crippen LogP contribution is 2.19. The Labute approximate surface area is 147 Å². The quantitative estimate of drug-likeness (QED) is 0.778. The van der Waals surface area contributed by atoms with E-state index in [1.807, 2.05) is 63.2 Å². The second-order valence-electron chi connectivity index (χ2n) is 6.29. The van der Waals surface area contributed by atoms with Crippen LogP contribution in [0.4, 0.5) is 0 Å². The molecular formula is C20H22N4O. The second kappa shape index (κ2) is 7.30. The molecule has 1 amide bonds. The van der Waals surface area contributed by atoms with Gasteiger partial charge in [-0.25, -0.2) is 0 Å². The fourth-order valence-electron chi connectivity index (χ4n) is 3.19. The molecule has 2 aromatic carbocycles. The molecule has 0 spiro atoms. The van der Waals surface area contributed by atoms with E-state index >= 15 is 0 Å². The van der Waals surface area contributed by atoms with Crippen LogP contribution in [-0.2, 0) is 6.54 Å². The summed E-state index contributed by atoms with van der Waals surface area (Å²) in [5.41, 5.74) is 4.89. The molecule has 0 aliphatic heterocycles. The number of amides is 1. The molecule has 128 valence electrons. The topological polar surface area (TPSA) is 59.8 Å². The fourth-order valence-corrected chi connectivity index (χ4v) is 3.19. The van der Waals surface area contributed by atoms with Crippen molar-refractivity contribution in [2.75, 3.05) is 0 Å². The summed E-state index contributed by atoms with van der Waals surface area (Å²) in [4.78, 5) is 14.5. The molecular weight excluding hydrogens is 312 g/mol. The van der Waals surface area contributed by atoms with Gasteiger partial charge in [-0.3, -0.25) is 4.79 Å². The summed E-state index contributed by atoms with van der Waals surface area (Å²) in [5, 5.41) is 11.5. The van der Waals surface area contributed by atoms with E-state index in [0.29, 0.717) is 6.54 Å². The van der Waals surface area contributed by atoms with E-state index in [0.717, 1.165) is 27.8 Å². The maximum absolute atomic E-state index is 12.9. The highest BCUT2D eigenvalue weighted by Gasteiger charge is 2.19. The molecule has 25 heavy (non-hydrogen) atoms. The highest BCUT2D eigenvalue weighted by atomic mass is 16.1. The summed E-state index contributed by atoms with van der Waals surface area (Å²) in [7, 11) is 0. The minimum absolute atomic E-state index is 0.0731. The zero-order valence-electron chi connectivity index (χ0n) is 14.7. The molecule has 3 aromatic rings. The Bertz CT molecular complexity index is 834. The molecule has 1 unspecified atom stereocenters. The predicted molar refractivity (Wildman–Crippen MR) is 97.3 cm³/mol. The lowest BCUT2D eigenvalue weighted by molar-refractivity contribution is 0.0929. The maximum Gasteiger partial charge on any atom is 0.252 e. The summed E-state index contributed by atoms with van der Waals surface area (Å²) >= 11 is 0. The van der Waals surface area contributed by atoms with Gasteiger partial charge < -0.3 is 5.32 Å². The molecule has 0 bridgehead atoms. The van der Waals surface area contributed by atoms with E-state index in [4.69, 9.17) is 0 Å². The van der Waals surface area contributed by atoms with Crippen molar-refractivity contribution in [3.8, 4) is 0 Å². The molecule has 1 heterocycles. The largest absolute Gasteiger partial charge is 0.343 e. The standard InChI is InChI=1S/C20H22N4O/c1-14-11-15(2)19(16(3)12-14)20(25)23-18(13-24-21-9-10-22-24)17-7-5-4-6-8-17/h4-12,18H,13H2,1-3H3,(H,23,25). The van der Waals surface area contributed by atoms with E-state index in [9.17, 15) is 4.79 Å². The molecule has 0 aliphatic rings. The van der Waals surface area contributed by atoms with E-state index < -0.39 is 0 Å². The van der Waals surface area contributed by atoms with Crippen molar-refractivity contribution in [3.05, 3.63) is 82.7 Å². The van der Waals surface area contributed by atoms with Gasteiger partial charge in [0.05, 0.1) is 25.0 Å². The summed E-state index contributed by atoms with van der Waals surface area (Å²) < 4.78 is 0. The zero-order valence-corrected chi connectivity index (χ0v) is 14.7. The van der Waals surface area contributed by atoms with Crippen LogP contribution >= 0.6 is 0 Å². The molecule has 5 nitrogen and oxygen atoms in total. The lowest BCUT2D eigenvalue weighted by Crippen LogP contribution is -2.33. The van der Waals surface area contributed by atoms with Gasteiger partial charge in [0.15, 0.2) is 0 Å². The first-order valence-corrected chi connectivity index (χ1v) is 8.32. The Hall–Kier alpha value is -2.95. The average molecular weight is 334 g/mol. The highest BCUT2D eigenvalue weighted by molar-refractivity contribution is 5.97. The SMILES string of the molecule is Cc1cc(C)c(C(=O)NC(Cn2nccn2)c2ccccc2)c(C)c1. The Morgan fingerprint density at radius 2 is 1.64 bits per heavy atom. The number of nitrogens with zero attached hydrogens (tertiary/aromatic N) is 3. The minimum atomic E-state index is -0.207. The average Bonchev–Trinajstić information content (AvgIpc) is 3.07. The third-order valence-electron chi connectivity index (χ3n) is 4.22. The molecule has 1 N–H and O–H groups in total. The van der Waals surface area contributed by atoms with E-state index in [1.54, 1.807) is 17.2 Å². The molecule has 1 aromatic heterocycles. The Morgan fingerprint density at radius 1 is 1.04 bits per heavy atom. The Kier molecular flexibility index (Phi) is 4.93. The summed E-state index contributed by atoms with van der Waals surface area (Å²) in [6.45, 7) is 6.47. The number of aryl methyl sites for hydroxylation is 3. The first kappa shape index (κ1) is 16.9. The molecule has 5 heteroatoms. The molecule has 0 fully saturated rings. The molecule has 3 rings (SSSR count). The maximum atomic E-state index is 12.9. The molecule has 1 atom stereocenters. The first-order valence-electron chi connectivity index (χ1n) is 8.32. The third-order valence-corrected chi connectivity index (χ3v) is 4.22. The van der Waals surface area contributed by atoms with Gasteiger partial charge in [-0.2, -0.15) is 15.0 Å². The molecule has 0 aliphatic carbocycles. The van der Waals surface area contributed by atoms with Crippen molar-refractivity contribution in [1.29, 1.82) is 0 Å². The van der Waals surface area contributed by atoms with Crippen LogP contribution in [-0.4, -0.2) is 20.9 Å². The number of aromatic nitrogens is 3. The third kappa shape index (κ3) is 3.94. The Morgan fingerprint density at radius 3 is 2.24 bits per heavy atom. The number of hydrogen-bond donors (Lipinski definition) is 1. The van der Waals surface area contributed by atoms with Gasteiger partial charge in [0.25, 0.3) is 5.91 Å². The number of rotatable bonds is 5. The predicted octanol–water partition coefficient (Wildman–Crippen LogP) is 3.37. The van der Waals surface area contributed by atoms with Crippen LogP contribution in [0.3, 0.4) is 0 Å². The molecule has 0 radical (unpaired) electrons. The van der Waals surface area contributed by atoms with E-state index in [-0.39, 0.29) is 11.9 Å². The van der Waals surface area contributed by atoms with Crippen molar-refractivity contribution in [3.63, 3.8) is 0 Å². The smallest absolute Gasteiger partial charge is 0.252 e. The van der Waals surface area contributed by atoms with Gasteiger partial charge >= 0.3 is 0 Å². The van der Waals surface area contributed by atoms with Crippen molar-refractivity contribution in [2.24, 2.45) is 0 Å². The zero-order chi connectivity index (χ0) is 17.8. The number of carbonyl (C=O) groups is 1. The fraction of sp³-hybridized carbons (Fsp3) is 0.250. The van der Waals surface area contributed by atoms with Crippen molar-refractivity contribution < 1.29 is 4.79 Å². The number of carbonyl (C=O) groups excluding carboxylic acids is 1.